The van der Waals surface area contributed by atoms with E-state index >= 15 is 0 Å². The summed E-state index contributed by atoms with van der Waals surface area (Å²) in [6.07, 6.45) is 1.18. The Bertz CT molecular complexity index is 938. The quantitative estimate of drug-likeness (QED) is 0.488. The van der Waals surface area contributed by atoms with Gasteiger partial charge in [0.25, 0.3) is 0 Å². The number of ether oxygens (including phenoxy) is 1. The molecule has 0 saturated carbocycles. The van der Waals surface area contributed by atoms with Crippen LogP contribution in [0.15, 0.2) is 72.9 Å². The Balaban J connectivity index is 1.69. The number of aromatic nitrogens is 2. The second-order valence-corrected chi connectivity index (χ2v) is 9.20. The number of carbonyl (C=O) groups is 1. The Morgan fingerprint density at radius 1 is 0.969 bits per heavy atom. The molecular weight excluding hydrogens is 400 g/mol. The molecule has 0 fully saturated rings. The third-order valence-electron chi connectivity index (χ3n) is 5.17. The molecule has 0 N–H and O–H groups in total. The van der Waals surface area contributed by atoms with Gasteiger partial charge in [0.15, 0.2) is 5.82 Å². The minimum atomic E-state index is -0.557. The minimum absolute atomic E-state index is 0.257. The third kappa shape index (κ3) is 6.95. The summed E-state index contributed by atoms with van der Waals surface area (Å²) in [5.41, 5.74) is 2.01. The highest BCUT2D eigenvalue weighted by molar-refractivity contribution is 5.70. The maximum atomic E-state index is 12.3. The highest BCUT2D eigenvalue weighted by Gasteiger charge is 2.21. The summed E-state index contributed by atoms with van der Waals surface area (Å²) < 4.78 is 6.66. The van der Waals surface area contributed by atoms with E-state index in [4.69, 9.17) is 4.74 Å². The van der Waals surface area contributed by atoms with Crippen molar-refractivity contribution in [3.05, 3.63) is 84.1 Å². The minimum Gasteiger partial charge on any atom is -0.442 e. The molecule has 0 aliphatic carbocycles. The summed E-state index contributed by atoms with van der Waals surface area (Å²) in [6.45, 7) is 10.2. The largest absolute Gasteiger partial charge is 0.442 e. The summed E-state index contributed by atoms with van der Waals surface area (Å²) in [4.78, 5) is 16.8. The van der Waals surface area contributed by atoms with E-state index in [1.807, 2.05) is 46.0 Å². The van der Waals surface area contributed by atoms with E-state index in [0.29, 0.717) is 0 Å². The fourth-order valence-electron chi connectivity index (χ4n) is 3.54. The number of nitrogens with zero attached hydrogens (tertiary/aromatic N) is 4. The predicted molar refractivity (Wildman–Crippen MR) is 129 cm³/mol. The third-order valence-corrected chi connectivity index (χ3v) is 5.17. The lowest BCUT2D eigenvalue weighted by Gasteiger charge is -2.32. The maximum Gasteiger partial charge on any atom is 0.435 e. The van der Waals surface area contributed by atoms with Crippen LogP contribution >= 0.6 is 0 Å². The summed E-state index contributed by atoms with van der Waals surface area (Å²) in [5.74, 6) is 0.738. The zero-order valence-electron chi connectivity index (χ0n) is 19.7. The van der Waals surface area contributed by atoms with Crippen LogP contribution in [0.4, 0.5) is 10.6 Å². The first-order chi connectivity index (χ1) is 15.2. The number of hydrogen-bond donors (Lipinski definition) is 0. The highest BCUT2D eigenvalue weighted by Crippen LogP contribution is 2.17. The summed E-state index contributed by atoms with van der Waals surface area (Å²) in [5, 5.41) is 4.42. The van der Waals surface area contributed by atoms with E-state index in [2.05, 4.69) is 70.4 Å². The molecule has 1 heterocycles. The van der Waals surface area contributed by atoms with Crippen LogP contribution in [0.3, 0.4) is 0 Å². The van der Waals surface area contributed by atoms with E-state index in [0.717, 1.165) is 25.5 Å². The molecule has 3 aromatic rings. The van der Waals surface area contributed by atoms with Crippen LogP contribution in [0.1, 0.15) is 38.8 Å². The smallest absolute Gasteiger partial charge is 0.435 e. The van der Waals surface area contributed by atoms with Crippen molar-refractivity contribution < 1.29 is 9.53 Å². The number of likely N-dealkylation sites (N-methyl/N-ethyl adjacent to an activating group) is 1. The fourth-order valence-corrected chi connectivity index (χ4v) is 3.54. The molecule has 0 radical (unpaired) electrons. The van der Waals surface area contributed by atoms with Gasteiger partial charge >= 0.3 is 6.09 Å². The van der Waals surface area contributed by atoms with Gasteiger partial charge < -0.3 is 9.64 Å². The lowest BCUT2D eigenvalue weighted by atomic mass is 10.1. The van der Waals surface area contributed by atoms with Gasteiger partial charge in [-0.15, -0.1) is 5.10 Å². The van der Waals surface area contributed by atoms with Gasteiger partial charge in [-0.1, -0.05) is 60.7 Å². The van der Waals surface area contributed by atoms with Crippen LogP contribution in [0.25, 0.3) is 0 Å². The van der Waals surface area contributed by atoms with Gasteiger partial charge in [-0.05, 0) is 38.8 Å². The van der Waals surface area contributed by atoms with Gasteiger partial charge in [-0.25, -0.2) is 4.79 Å². The highest BCUT2D eigenvalue weighted by atomic mass is 16.6. The van der Waals surface area contributed by atoms with Crippen molar-refractivity contribution >= 4 is 11.9 Å². The molecule has 0 aliphatic heterocycles. The van der Waals surface area contributed by atoms with Crippen LogP contribution in [0, 0.1) is 0 Å². The van der Waals surface area contributed by atoms with Gasteiger partial charge in [-0.2, -0.15) is 4.68 Å². The van der Waals surface area contributed by atoms with Crippen molar-refractivity contribution in [1.29, 1.82) is 0 Å². The normalized spacial score (nSPS) is 12.6. The molecule has 1 atom stereocenters. The zero-order valence-corrected chi connectivity index (χ0v) is 19.7. The first-order valence-corrected chi connectivity index (χ1v) is 11.0. The van der Waals surface area contributed by atoms with Gasteiger partial charge in [0.1, 0.15) is 5.60 Å². The van der Waals surface area contributed by atoms with E-state index < -0.39 is 11.7 Å². The number of anilines is 1. The van der Waals surface area contributed by atoms with Gasteiger partial charge in [0.2, 0.25) is 0 Å². The molecule has 0 amide bonds. The molecule has 1 aromatic heterocycles. The maximum absolute atomic E-state index is 12.3. The Morgan fingerprint density at radius 3 is 2.00 bits per heavy atom. The van der Waals surface area contributed by atoms with Gasteiger partial charge in [0, 0.05) is 45.0 Å². The molecule has 6 heteroatoms. The Morgan fingerprint density at radius 2 is 1.50 bits per heavy atom. The SMILES string of the molecule is C[C@@H](CN(C)c1ccn(C(=O)OC(C)(C)C)n1)N(Cc1ccccc1)Cc1ccccc1. The average molecular weight is 435 g/mol. The van der Waals surface area contributed by atoms with E-state index in [9.17, 15) is 4.79 Å². The molecule has 0 bridgehead atoms. The van der Waals surface area contributed by atoms with Crippen molar-refractivity contribution in [3.63, 3.8) is 0 Å². The van der Waals surface area contributed by atoms with E-state index in [-0.39, 0.29) is 6.04 Å². The second-order valence-electron chi connectivity index (χ2n) is 9.20. The van der Waals surface area contributed by atoms with Crippen LogP contribution in [-0.2, 0) is 17.8 Å². The van der Waals surface area contributed by atoms with Gasteiger partial charge in [0.05, 0.1) is 0 Å². The second kappa shape index (κ2) is 10.5. The van der Waals surface area contributed by atoms with Crippen molar-refractivity contribution in [3.8, 4) is 0 Å². The Labute approximate surface area is 191 Å². The predicted octanol–water partition coefficient (Wildman–Crippen LogP) is 5.19. The number of hydrogen-bond acceptors (Lipinski definition) is 5. The molecular formula is C26H34N4O2. The molecule has 6 nitrogen and oxygen atoms in total. The van der Waals surface area contributed by atoms with Gasteiger partial charge in [-0.3, -0.25) is 4.90 Å². The molecule has 0 unspecified atom stereocenters. The fraction of sp³-hybridized carbons (Fsp3) is 0.385. The zero-order chi connectivity index (χ0) is 23.1. The monoisotopic (exact) mass is 434 g/mol. The first kappa shape index (κ1) is 23.5. The number of rotatable bonds is 8. The summed E-state index contributed by atoms with van der Waals surface area (Å²) in [7, 11) is 2.00. The van der Waals surface area contributed by atoms with Crippen LogP contribution < -0.4 is 4.90 Å². The number of carbonyl (C=O) groups excluding carboxylic acids is 1. The van der Waals surface area contributed by atoms with Crippen molar-refractivity contribution in [2.75, 3.05) is 18.5 Å². The van der Waals surface area contributed by atoms with Crippen LogP contribution in [-0.4, -0.2) is 46.0 Å². The van der Waals surface area contributed by atoms with Crippen LogP contribution in [0.5, 0.6) is 0 Å². The Kier molecular flexibility index (Phi) is 7.70. The standard InChI is InChI=1S/C26H34N4O2/c1-21(18-28(5)24-16-17-30(27-24)25(31)32-26(2,3)4)29(19-22-12-8-6-9-13-22)20-23-14-10-7-11-15-23/h6-17,21H,18-20H2,1-5H3/t21-/m0/s1. The van der Waals surface area contributed by atoms with E-state index in [1.165, 1.54) is 15.8 Å². The van der Waals surface area contributed by atoms with Crippen molar-refractivity contribution in [1.82, 2.24) is 14.7 Å². The molecule has 2 aromatic carbocycles. The molecule has 0 saturated heterocycles. The first-order valence-electron chi connectivity index (χ1n) is 11.0. The van der Waals surface area contributed by atoms with Crippen molar-refractivity contribution in [2.45, 2.75) is 52.4 Å². The molecule has 170 valence electrons. The average Bonchev–Trinajstić information content (AvgIpc) is 3.24. The molecule has 3 rings (SSSR count). The Hall–Kier alpha value is -3.12. The lowest BCUT2D eigenvalue weighted by molar-refractivity contribution is 0.0515. The molecule has 0 aliphatic rings. The summed E-state index contributed by atoms with van der Waals surface area (Å²) >= 11 is 0. The number of benzene rings is 2. The van der Waals surface area contributed by atoms with Crippen LogP contribution in [0.2, 0.25) is 0 Å². The lowest BCUT2D eigenvalue weighted by Crippen LogP contribution is -2.40. The topological polar surface area (TPSA) is 50.6 Å². The van der Waals surface area contributed by atoms with Crippen molar-refractivity contribution in [2.24, 2.45) is 0 Å². The summed E-state index contributed by atoms with van der Waals surface area (Å²) in [6, 6.07) is 23.2. The van der Waals surface area contributed by atoms with E-state index in [1.54, 1.807) is 6.20 Å². The molecule has 0 spiro atoms. The molecule has 32 heavy (non-hydrogen) atoms.